The predicted molar refractivity (Wildman–Crippen MR) is 87.8 cm³/mol. The van der Waals surface area contributed by atoms with E-state index < -0.39 is 43.4 Å². The van der Waals surface area contributed by atoms with Gasteiger partial charge in [-0.25, -0.2) is 9.80 Å². The largest absolute Gasteiger partial charge is 0.391 e. The molecule has 0 bridgehead atoms. The molecule has 3 rings (SSSR count). The van der Waals surface area contributed by atoms with E-state index in [2.05, 4.69) is 0 Å². The molecule has 0 saturated heterocycles. The highest BCUT2D eigenvalue weighted by molar-refractivity contribution is 6.34. The molecule has 1 aromatic carbocycles. The minimum Gasteiger partial charge on any atom is -0.391 e. The first kappa shape index (κ1) is 17.7. The number of hydrogen-bond donors (Lipinski definition) is 3. The maximum atomic E-state index is 12.4. The fourth-order valence-electron chi connectivity index (χ4n) is 2.83. The lowest BCUT2D eigenvalue weighted by Crippen LogP contribution is -2.34. The zero-order valence-electron chi connectivity index (χ0n) is 13.4. The predicted octanol–water partition coefficient (Wildman–Crippen LogP) is -1.37. The van der Waals surface area contributed by atoms with Crippen molar-refractivity contribution in [2.45, 2.75) is 0 Å². The van der Waals surface area contributed by atoms with E-state index in [0.29, 0.717) is 0 Å². The van der Waals surface area contributed by atoms with Gasteiger partial charge in [-0.15, -0.1) is 0 Å². The number of nitrogens with zero attached hydrogens (tertiary/aromatic N) is 2. The molecule has 2 aliphatic heterocycles. The second kappa shape index (κ2) is 6.64. The third kappa shape index (κ3) is 2.54. The van der Waals surface area contributed by atoms with E-state index >= 15 is 0 Å². The summed E-state index contributed by atoms with van der Waals surface area (Å²) in [6.07, 6.45) is 1.01. The number of rotatable bonds is 5. The molecule has 0 saturated carbocycles. The summed E-state index contributed by atoms with van der Waals surface area (Å²) in [6.45, 7) is -2.00. The molecule has 1 aromatic rings. The van der Waals surface area contributed by atoms with Gasteiger partial charge >= 0.3 is 0 Å². The highest BCUT2D eigenvalue weighted by Gasteiger charge is 2.39. The fourth-order valence-corrected chi connectivity index (χ4v) is 2.83. The Morgan fingerprint density at radius 3 is 1.73 bits per heavy atom. The van der Waals surface area contributed by atoms with Crippen molar-refractivity contribution in [2.24, 2.45) is 0 Å². The van der Waals surface area contributed by atoms with Crippen LogP contribution in [-0.2, 0) is 19.2 Å². The molecule has 0 radical (unpaired) electrons. The molecule has 2 heterocycles. The van der Waals surface area contributed by atoms with Crippen LogP contribution in [0.1, 0.15) is 0 Å². The molecule has 0 spiro atoms. The Kier molecular flexibility index (Phi) is 4.51. The number of aliphatic hydroxyl groups excluding tert-OH is 3. The lowest BCUT2D eigenvalue weighted by Gasteiger charge is -2.19. The van der Waals surface area contributed by atoms with Gasteiger partial charge in [0.25, 0.3) is 23.6 Å². The third-order valence-corrected chi connectivity index (χ3v) is 4.12. The Bertz CT molecular complexity index is 874. The monoisotopic (exact) mass is 358 g/mol. The quantitative estimate of drug-likeness (QED) is 0.553. The zero-order valence-corrected chi connectivity index (χ0v) is 13.4. The van der Waals surface area contributed by atoms with Crippen molar-refractivity contribution in [1.29, 1.82) is 0 Å². The molecule has 134 valence electrons. The first-order valence-electron chi connectivity index (χ1n) is 7.57. The lowest BCUT2D eigenvalue weighted by atomic mass is 10.2. The Morgan fingerprint density at radius 2 is 1.27 bits per heavy atom. The number of imide groups is 2. The second-order valence-electron chi connectivity index (χ2n) is 5.55. The van der Waals surface area contributed by atoms with Crippen LogP contribution in [0.3, 0.4) is 0 Å². The molecule has 9 heteroatoms. The summed E-state index contributed by atoms with van der Waals surface area (Å²) >= 11 is 0. The van der Waals surface area contributed by atoms with Crippen LogP contribution in [0.5, 0.6) is 0 Å². The van der Waals surface area contributed by atoms with Gasteiger partial charge in [-0.05, 0) is 18.2 Å². The molecule has 26 heavy (non-hydrogen) atoms. The fraction of sp³-hybridized carbons (Fsp3) is 0.176. The maximum Gasteiger partial charge on any atom is 0.264 e. The van der Waals surface area contributed by atoms with Crippen LogP contribution in [0.15, 0.2) is 47.1 Å². The van der Waals surface area contributed by atoms with Crippen LogP contribution in [0.25, 0.3) is 0 Å². The van der Waals surface area contributed by atoms with Gasteiger partial charge in [0.2, 0.25) is 0 Å². The number of benzene rings is 1. The SMILES string of the molecule is O=C1C=C(CO)C(=O)N1c1cccc(N2C(=O)C(CO)=C(CO)C2=O)c1. The average Bonchev–Trinajstić information content (AvgIpc) is 3.06. The van der Waals surface area contributed by atoms with Crippen LogP contribution < -0.4 is 9.80 Å². The molecular weight excluding hydrogens is 344 g/mol. The highest BCUT2D eigenvalue weighted by atomic mass is 16.3. The van der Waals surface area contributed by atoms with Crippen LogP contribution in [-0.4, -0.2) is 58.8 Å². The molecule has 9 nitrogen and oxygen atoms in total. The first-order chi connectivity index (χ1) is 12.4. The number of anilines is 2. The minimum absolute atomic E-state index is 0.0690. The Morgan fingerprint density at radius 1 is 0.731 bits per heavy atom. The highest BCUT2D eigenvalue weighted by Crippen LogP contribution is 2.31. The summed E-state index contributed by atoms with van der Waals surface area (Å²) in [7, 11) is 0. The molecule has 2 aliphatic rings. The van der Waals surface area contributed by atoms with Gasteiger partial charge < -0.3 is 15.3 Å². The van der Waals surface area contributed by atoms with Gasteiger partial charge in [0, 0.05) is 11.6 Å². The van der Waals surface area contributed by atoms with E-state index in [4.69, 9.17) is 5.11 Å². The van der Waals surface area contributed by atoms with Crippen LogP contribution in [0.2, 0.25) is 0 Å². The topological polar surface area (TPSA) is 135 Å². The van der Waals surface area contributed by atoms with Crippen LogP contribution in [0.4, 0.5) is 11.4 Å². The smallest absolute Gasteiger partial charge is 0.264 e. The molecule has 0 aromatic heterocycles. The molecule has 3 N–H and O–H groups in total. The molecule has 0 aliphatic carbocycles. The normalized spacial score (nSPS) is 17.7. The van der Waals surface area contributed by atoms with Crippen molar-refractivity contribution in [1.82, 2.24) is 0 Å². The van der Waals surface area contributed by atoms with E-state index in [9.17, 15) is 29.4 Å². The van der Waals surface area contributed by atoms with E-state index in [1.54, 1.807) is 0 Å². The van der Waals surface area contributed by atoms with Crippen molar-refractivity contribution < 1.29 is 34.5 Å². The molecule has 0 unspecified atom stereocenters. The van der Waals surface area contributed by atoms with E-state index in [-0.39, 0.29) is 28.1 Å². The Hall–Kier alpha value is -3.14. The van der Waals surface area contributed by atoms with Crippen molar-refractivity contribution in [3.8, 4) is 0 Å². The molecule has 0 atom stereocenters. The summed E-state index contributed by atoms with van der Waals surface area (Å²) in [6, 6.07) is 5.58. The van der Waals surface area contributed by atoms with E-state index in [0.717, 1.165) is 15.9 Å². The minimum atomic E-state index is -0.785. The van der Waals surface area contributed by atoms with Crippen molar-refractivity contribution >= 4 is 35.0 Å². The Balaban J connectivity index is 1.97. The van der Waals surface area contributed by atoms with Gasteiger partial charge in [0.1, 0.15) is 0 Å². The van der Waals surface area contributed by atoms with Gasteiger partial charge in [-0.3, -0.25) is 19.2 Å². The molecule has 4 amide bonds. The van der Waals surface area contributed by atoms with Crippen LogP contribution in [0, 0.1) is 0 Å². The van der Waals surface area contributed by atoms with Gasteiger partial charge in [-0.2, -0.15) is 0 Å². The summed E-state index contributed by atoms with van der Waals surface area (Å²) in [5.74, 6) is -2.92. The molecular formula is C17H14N2O7. The van der Waals surface area contributed by atoms with Gasteiger partial charge in [0.15, 0.2) is 0 Å². The number of amides is 4. The zero-order chi connectivity index (χ0) is 19.0. The maximum absolute atomic E-state index is 12.4. The standard InChI is InChI=1S/C17H14N2O7/c20-6-9-4-14(23)18(15(9)24)10-2-1-3-11(5-10)19-16(25)12(7-21)13(8-22)17(19)26/h1-5,20-22H,6-8H2. The van der Waals surface area contributed by atoms with Crippen molar-refractivity contribution in [2.75, 3.05) is 29.6 Å². The van der Waals surface area contributed by atoms with Gasteiger partial charge in [0.05, 0.1) is 42.3 Å². The van der Waals surface area contributed by atoms with Gasteiger partial charge in [-0.1, -0.05) is 6.07 Å². The lowest BCUT2D eigenvalue weighted by molar-refractivity contribution is -0.122. The summed E-state index contributed by atoms with van der Waals surface area (Å²) in [5.41, 5.74) is -0.299. The summed E-state index contributed by atoms with van der Waals surface area (Å²) < 4.78 is 0. The number of carbonyl (C=O) groups is 4. The number of aliphatic hydroxyl groups is 3. The number of hydrogen-bond acceptors (Lipinski definition) is 7. The summed E-state index contributed by atoms with van der Waals surface area (Å²) in [4.78, 5) is 50.5. The second-order valence-corrected chi connectivity index (χ2v) is 5.55. The van der Waals surface area contributed by atoms with E-state index in [1.165, 1.54) is 24.3 Å². The number of carbonyl (C=O) groups excluding carboxylic acids is 4. The van der Waals surface area contributed by atoms with Crippen molar-refractivity contribution in [3.05, 3.63) is 47.1 Å². The first-order valence-corrected chi connectivity index (χ1v) is 7.57. The van der Waals surface area contributed by atoms with E-state index in [1.807, 2.05) is 0 Å². The third-order valence-electron chi connectivity index (χ3n) is 4.12. The average molecular weight is 358 g/mol. The Labute approximate surface area is 147 Å². The van der Waals surface area contributed by atoms with Crippen molar-refractivity contribution in [3.63, 3.8) is 0 Å². The summed E-state index contributed by atoms with van der Waals surface area (Å²) in [5, 5.41) is 27.7. The molecule has 0 fully saturated rings. The van der Waals surface area contributed by atoms with Crippen LogP contribution >= 0.6 is 0 Å².